The molecule has 0 aliphatic carbocycles. The van der Waals surface area contributed by atoms with E-state index in [-0.39, 0.29) is 0 Å². The van der Waals surface area contributed by atoms with Crippen LogP contribution < -0.4 is 4.74 Å². The monoisotopic (exact) mass is 242 g/mol. The third-order valence-corrected chi connectivity index (χ3v) is 3.07. The van der Waals surface area contributed by atoms with Crippen molar-refractivity contribution in [1.29, 1.82) is 0 Å². The van der Waals surface area contributed by atoms with Crippen LogP contribution in [0.4, 0.5) is 0 Å². The first-order valence-electron chi connectivity index (χ1n) is 6.16. The van der Waals surface area contributed by atoms with Gasteiger partial charge in [-0.25, -0.2) is 0 Å². The molecule has 0 bridgehead atoms. The standard InChI is InChI=1S/C17H22O/c1-7-12(3)9-15(8-2)16-11-17(18-6)14(5)10-13(16)4/h7-11H,1H2,2-6H3/b12-9-,15-8+. The Bertz CT molecular complexity index is 505. The first-order valence-corrected chi connectivity index (χ1v) is 6.16. The highest BCUT2D eigenvalue weighted by molar-refractivity contribution is 5.78. The predicted octanol–water partition coefficient (Wildman–Crippen LogP) is 4.85. The Morgan fingerprint density at radius 2 is 1.89 bits per heavy atom. The minimum atomic E-state index is 0.930. The molecular weight excluding hydrogens is 220 g/mol. The van der Waals surface area contributed by atoms with Crippen molar-refractivity contribution in [3.63, 3.8) is 0 Å². The quantitative estimate of drug-likeness (QED) is 0.686. The molecule has 0 radical (unpaired) electrons. The number of hydrogen-bond donors (Lipinski definition) is 0. The van der Waals surface area contributed by atoms with Gasteiger partial charge in [-0.3, -0.25) is 0 Å². The van der Waals surface area contributed by atoms with Crippen molar-refractivity contribution in [3.8, 4) is 5.75 Å². The molecule has 96 valence electrons. The van der Waals surface area contributed by atoms with E-state index in [1.807, 2.05) is 13.0 Å². The van der Waals surface area contributed by atoms with Gasteiger partial charge < -0.3 is 4.74 Å². The van der Waals surface area contributed by atoms with Gasteiger partial charge in [0.25, 0.3) is 0 Å². The van der Waals surface area contributed by atoms with Crippen LogP contribution in [0.25, 0.3) is 5.57 Å². The van der Waals surface area contributed by atoms with Gasteiger partial charge in [0.1, 0.15) is 5.75 Å². The molecule has 0 heterocycles. The van der Waals surface area contributed by atoms with Crippen LogP contribution >= 0.6 is 0 Å². The fourth-order valence-corrected chi connectivity index (χ4v) is 1.98. The van der Waals surface area contributed by atoms with Gasteiger partial charge in [-0.15, -0.1) is 0 Å². The Morgan fingerprint density at radius 3 is 2.39 bits per heavy atom. The zero-order valence-corrected chi connectivity index (χ0v) is 12.0. The summed E-state index contributed by atoms with van der Waals surface area (Å²) in [5.74, 6) is 0.930. The molecule has 1 aromatic carbocycles. The maximum absolute atomic E-state index is 5.40. The topological polar surface area (TPSA) is 9.23 Å². The second-order valence-corrected chi connectivity index (χ2v) is 4.47. The van der Waals surface area contributed by atoms with Crippen LogP contribution in [0.3, 0.4) is 0 Å². The Kier molecular flexibility index (Phi) is 4.96. The normalized spacial score (nSPS) is 12.5. The lowest BCUT2D eigenvalue weighted by atomic mass is 9.96. The van der Waals surface area contributed by atoms with Crippen molar-refractivity contribution in [1.82, 2.24) is 0 Å². The molecule has 0 aliphatic heterocycles. The first-order chi connectivity index (χ1) is 8.53. The largest absolute Gasteiger partial charge is 0.496 e. The Labute approximate surface area is 110 Å². The number of hydrogen-bond acceptors (Lipinski definition) is 1. The molecule has 1 aromatic rings. The van der Waals surface area contributed by atoms with Gasteiger partial charge in [-0.1, -0.05) is 36.4 Å². The van der Waals surface area contributed by atoms with Crippen molar-refractivity contribution in [2.75, 3.05) is 7.11 Å². The molecule has 1 heteroatoms. The van der Waals surface area contributed by atoms with E-state index in [0.29, 0.717) is 0 Å². The van der Waals surface area contributed by atoms with E-state index >= 15 is 0 Å². The van der Waals surface area contributed by atoms with Crippen molar-refractivity contribution in [2.24, 2.45) is 0 Å². The van der Waals surface area contributed by atoms with E-state index in [2.05, 4.69) is 51.6 Å². The smallest absolute Gasteiger partial charge is 0.122 e. The molecule has 0 fully saturated rings. The summed E-state index contributed by atoms with van der Waals surface area (Å²) in [4.78, 5) is 0. The fourth-order valence-electron chi connectivity index (χ4n) is 1.98. The van der Waals surface area contributed by atoms with Crippen LogP contribution in [0.5, 0.6) is 5.75 Å². The summed E-state index contributed by atoms with van der Waals surface area (Å²) >= 11 is 0. The lowest BCUT2D eigenvalue weighted by Crippen LogP contribution is -1.93. The molecule has 0 saturated carbocycles. The highest BCUT2D eigenvalue weighted by atomic mass is 16.5. The maximum atomic E-state index is 5.40. The Morgan fingerprint density at radius 1 is 1.22 bits per heavy atom. The SMILES string of the molecule is C=C/C(C)=C\C(=C/C)c1cc(OC)c(C)cc1C. The van der Waals surface area contributed by atoms with Gasteiger partial charge in [-0.2, -0.15) is 0 Å². The Hall–Kier alpha value is -1.76. The van der Waals surface area contributed by atoms with Crippen LogP contribution in [0.15, 0.2) is 42.5 Å². The minimum absolute atomic E-state index is 0.930. The van der Waals surface area contributed by atoms with Crippen molar-refractivity contribution < 1.29 is 4.74 Å². The molecule has 0 atom stereocenters. The zero-order valence-electron chi connectivity index (χ0n) is 12.0. The van der Waals surface area contributed by atoms with Crippen molar-refractivity contribution in [3.05, 3.63) is 59.2 Å². The summed E-state index contributed by atoms with van der Waals surface area (Å²) in [7, 11) is 1.71. The third-order valence-electron chi connectivity index (χ3n) is 3.07. The maximum Gasteiger partial charge on any atom is 0.122 e. The van der Waals surface area contributed by atoms with Crippen LogP contribution in [-0.2, 0) is 0 Å². The Balaban J connectivity index is 3.35. The fraction of sp³-hybridized carbons (Fsp3) is 0.294. The molecule has 1 rings (SSSR count). The lowest BCUT2D eigenvalue weighted by Gasteiger charge is -2.12. The summed E-state index contributed by atoms with van der Waals surface area (Å²) < 4.78 is 5.40. The summed E-state index contributed by atoms with van der Waals surface area (Å²) in [6.07, 6.45) is 6.12. The van der Waals surface area contributed by atoms with Gasteiger partial charge in [0.15, 0.2) is 0 Å². The molecule has 0 N–H and O–H groups in total. The van der Waals surface area contributed by atoms with E-state index in [0.717, 1.165) is 11.3 Å². The highest BCUT2D eigenvalue weighted by Gasteiger charge is 2.07. The lowest BCUT2D eigenvalue weighted by molar-refractivity contribution is 0.411. The molecule has 0 amide bonds. The van der Waals surface area contributed by atoms with E-state index in [1.165, 1.54) is 22.3 Å². The van der Waals surface area contributed by atoms with Gasteiger partial charge in [0.05, 0.1) is 7.11 Å². The first kappa shape index (κ1) is 14.3. The number of benzene rings is 1. The molecule has 0 saturated heterocycles. The summed E-state index contributed by atoms with van der Waals surface area (Å²) in [5.41, 5.74) is 5.99. The second kappa shape index (κ2) is 6.25. The molecule has 0 unspecified atom stereocenters. The van der Waals surface area contributed by atoms with Crippen LogP contribution in [0.2, 0.25) is 0 Å². The molecule has 0 spiro atoms. The summed E-state index contributed by atoms with van der Waals surface area (Å²) in [5, 5.41) is 0. The number of aryl methyl sites for hydroxylation is 2. The average molecular weight is 242 g/mol. The zero-order chi connectivity index (χ0) is 13.7. The van der Waals surface area contributed by atoms with E-state index < -0.39 is 0 Å². The highest BCUT2D eigenvalue weighted by Crippen LogP contribution is 2.28. The van der Waals surface area contributed by atoms with Gasteiger partial charge in [0, 0.05) is 0 Å². The van der Waals surface area contributed by atoms with Gasteiger partial charge in [-0.05, 0) is 56.0 Å². The molecule has 0 aromatic heterocycles. The van der Waals surface area contributed by atoms with Gasteiger partial charge in [0.2, 0.25) is 0 Å². The number of rotatable bonds is 4. The second-order valence-electron chi connectivity index (χ2n) is 4.47. The number of allylic oxidation sites excluding steroid dienone is 5. The average Bonchev–Trinajstić information content (AvgIpc) is 2.36. The number of methoxy groups -OCH3 is 1. The molecule has 0 aliphatic rings. The third kappa shape index (κ3) is 3.13. The van der Waals surface area contributed by atoms with Crippen LogP contribution in [0, 0.1) is 13.8 Å². The van der Waals surface area contributed by atoms with Crippen LogP contribution in [0.1, 0.15) is 30.5 Å². The van der Waals surface area contributed by atoms with Crippen molar-refractivity contribution in [2.45, 2.75) is 27.7 Å². The minimum Gasteiger partial charge on any atom is -0.496 e. The van der Waals surface area contributed by atoms with E-state index in [9.17, 15) is 0 Å². The summed E-state index contributed by atoms with van der Waals surface area (Å²) in [6.45, 7) is 12.1. The predicted molar refractivity (Wildman–Crippen MR) is 80.1 cm³/mol. The van der Waals surface area contributed by atoms with E-state index in [4.69, 9.17) is 4.74 Å². The van der Waals surface area contributed by atoms with Crippen molar-refractivity contribution >= 4 is 5.57 Å². The molecule has 18 heavy (non-hydrogen) atoms. The van der Waals surface area contributed by atoms with Crippen LogP contribution in [-0.4, -0.2) is 7.11 Å². The van der Waals surface area contributed by atoms with E-state index in [1.54, 1.807) is 7.11 Å². The molecular formula is C17H22O. The number of ether oxygens (including phenoxy) is 1. The summed E-state index contributed by atoms with van der Waals surface area (Å²) in [6, 6.07) is 4.27. The van der Waals surface area contributed by atoms with Gasteiger partial charge >= 0.3 is 0 Å². The molecule has 1 nitrogen and oxygen atoms in total.